The number of benzene rings is 1. The summed E-state index contributed by atoms with van der Waals surface area (Å²) in [5.41, 5.74) is 3.92. The van der Waals surface area contributed by atoms with Crippen molar-refractivity contribution in [3.8, 4) is 0 Å². The fraction of sp³-hybridized carbons (Fsp3) is 0.526. The largest absolute Gasteiger partial charge is 0.303 e. The van der Waals surface area contributed by atoms with Gasteiger partial charge in [0.1, 0.15) is 5.82 Å². The molecular weight excluding hydrogens is 321 g/mol. The topological polar surface area (TPSA) is 19.4 Å². The quantitative estimate of drug-likeness (QED) is 0.763. The van der Waals surface area contributed by atoms with E-state index in [9.17, 15) is 4.39 Å². The second kappa shape index (κ2) is 8.19. The molecule has 0 saturated carbocycles. The van der Waals surface area contributed by atoms with Crippen molar-refractivity contribution in [3.63, 3.8) is 0 Å². The monoisotopic (exact) mass is 347 g/mol. The normalized spacial score (nSPS) is 18.6. The Morgan fingerprint density at radius 3 is 2.96 bits per heavy atom. The number of hydrogen-bond donors (Lipinski definition) is 0. The molecule has 2 aromatic rings. The first kappa shape index (κ1) is 17.5. The molecule has 5 heteroatoms. The van der Waals surface area contributed by atoms with Gasteiger partial charge in [0.15, 0.2) is 0 Å². The third-order valence-electron chi connectivity index (χ3n) is 4.85. The number of thiazole rings is 1. The molecule has 0 spiro atoms. The molecule has 3 rings (SSSR count). The van der Waals surface area contributed by atoms with Crippen molar-refractivity contribution >= 4 is 11.3 Å². The molecule has 0 N–H and O–H groups in total. The summed E-state index contributed by atoms with van der Waals surface area (Å²) >= 11 is 1.74. The van der Waals surface area contributed by atoms with Crippen LogP contribution in [0.1, 0.15) is 22.6 Å². The van der Waals surface area contributed by atoms with Crippen LogP contribution in [0.3, 0.4) is 0 Å². The first-order valence-corrected chi connectivity index (χ1v) is 9.53. The van der Waals surface area contributed by atoms with Gasteiger partial charge in [-0.05, 0) is 50.9 Å². The summed E-state index contributed by atoms with van der Waals surface area (Å²) in [5, 5.41) is 0. The standard InChI is InChI=1S/C19H26FN3S/c1-15-19(24-14-21-15)13-22(2)11-16-7-9-23(12-16)10-8-17-5-3-4-6-18(17)20/h3-6,14,16H,7-13H2,1-2H3/t16-/m0/s1. The summed E-state index contributed by atoms with van der Waals surface area (Å²) in [6.07, 6.45) is 2.04. The van der Waals surface area contributed by atoms with Crippen molar-refractivity contribution < 1.29 is 4.39 Å². The molecule has 1 saturated heterocycles. The molecule has 1 aromatic heterocycles. The zero-order chi connectivity index (χ0) is 16.9. The molecule has 1 fully saturated rings. The molecule has 1 aliphatic rings. The molecule has 0 aliphatic carbocycles. The zero-order valence-electron chi connectivity index (χ0n) is 14.5. The molecule has 0 unspecified atom stereocenters. The van der Waals surface area contributed by atoms with E-state index in [0.29, 0.717) is 5.92 Å². The Morgan fingerprint density at radius 1 is 1.38 bits per heavy atom. The van der Waals surface area contributed by atoms with Gasteiger partial charge in [-0.15, -0.1) is 11.3 Å². The van der Waals surface area contributed by atoms with E-state index in [0.717, 1.165) is 50.4 Å². The summed E-state index contributed by atoms with van der Waals surface area (Å²) in [5.74, 6) is 0.636. The van der Waals surface area contributed by atoms with Crippen molar-refractivity contribution in [3.05, 3.63) is 51.7 Å². The van der Waals surface area contributed by atoms with Crippen molar-refractivity contribution in [1.29, 1.82) is 0 Å². The molecule has 0 radical (unpaired) electrons. The Bertz CT molecular complexity index is 658. The molecule has 0 amide bonds. The van der Waals surface area contributed by atoms with Crippen LogP contribution in [0.4, 0.5) is 4.39 Å². The van der Waals surface area contributed by atoms with Crippen molar-refractivity contribution in [1.82, 2.24) is 14.8 Å². The minimum atomic E-state index is -0.0760. The third kappa shape index (κ3) is 4.62. The van der Waals surface area contributed by atoms with Gasteiger partial charge in [-0.3, -0.25) is 0 Å². The van der Waals surface area contributed by atoms with E-state index in [1.54, 1.807) is 23.5 Å². The van der Waals surface area contributed by atoms with Crippen LogP contribution in [0.15, 0.2) is 29.8 Å². The highest BCUT2D eigenvalue weighted by Gasteiger charge is 2.23. The van der Waals surface area contributed by atoms with Gasteiger partial charge in [0.05, 0.1) is 11.2 Å². The predicted molar refractivity (Wildman–Crippen MR) is 97.8 cm³/mol. The molecular formula is C19H26FN3S. The predicted octanol–water partition coefficient (Wildman–Crippen LogP) is 3.59. The average molecular weight is 348 g/mol. The van der Waals surface area contributed by atoms with E-state index < -0.39 is 0 Å². The van der Waals surface area contributed by atoms with Gasteiger partial charge < -0.3 is 9.80 Å². The zero-order valence-corrected chi connectivity index (χ0v) is 15.4. The molecule has 3 nitrogen and oxygen atoms in total. The van der Waals surface area contributed by atoms with Crippen LogP contribution in [0.5, 0.6) is 0 Å². The smallest absolute Gasteiger partial charge is 0.126 e. The minimum absolute atomic E-state index is 0.0760. The number of likely N-dealkylation sites (tertiary alicyclic amines) is 1. The van der Waals surface area contributed by atoms with Crippen LogP contribution in [0.25, 0.3) is 0 Å². The molecule has 24 heavy (non-hydrogen) atoms. The van der Waals surface area contributed by atoms with Gasteiger partial charge in [0.2, 0.25) is 0 Å². The summed E-state index contributed by atoms with van der Waals surface area (Å²) < 4.78 is 13.7. The first-order chi connectivity index (χ1) is 11.6. The SMILES string of the molecule is Cc1ncsc1CN(C)C[C@@H]1CCN(CCc2ccccc2F)C1. The van der Waals surface area contributed by atoms with Crippen molar-refractivity contribution in [2.24, 2.45) is 5.92 Å². The molecule has 1 atom stereocenters. The Hall–Kier alpha value is -1.30. The molecule has 1 aliphatic heterocycles. The number of halogens is 1. The minimum Gasteiger partial charge on any atom is -0.303 e. The molecule has 2 heterocycles. The van der Waals surface area contributed by atoms with Crippen LogP contribution >= 0.6 is 11.3 Å². The average Bonchev–Trinajstić information content (AvgIpc) is 3.16. The van der Waals surface area contributed by atoms with Gasteiger partial charge in [-0.1, -0.05) is 18.2 Å². The lowest BCUT2D eigenvalue weighted by Gasteiger charge is -2.21. The maximum absolute atomic E-state index is 13.7. The lowest BCUT2D eigenvalue weighted by molar-refractivity contribution is 0.259. The Balaban J connectivity index is 1.42. The second-order valence-electron chi connectivity index (χ2n) is 6.85. The molecule has 1 aromatic carbocycles. The Kier molecular flexibility index (Phi) is 5.98. The number of rotatable bonds is 7. The second-order valence-corrected chi connectivity index (χ2v) is 7.79. The maximum atomic E-state index is 13.7. The maximum Gasteiger partial charge on any atom is 0.126 e. The summed E-state index contributed by atoms with van der Waals surface area (Å²) in [4.78, 5) is 10.6. The number of aromatic nitrogens is 1. The van der Waals surface area contributed by atoms with Gasteiger partial charge in [0, 0.05) is 31.1 Å². The highest BCUT2D eigenvalue weighted by molar-refractivity contribution is 7.09. The molecule has 130 valence electrons. The van der Waals surface area contributed by atoms with Gasteiger partial charge in [-0.25, -0.2) is 9.37 Å². The van der Waals surface area contributed by atoms with Gasteiger partial charge in [-0.2, -0.15) is 0 Å². The first-order valence-electron chi connectivity index (χ1n) is 8.65. The fourth-order valence-corrected chi connectivity index (χ4v) is 4.33. The third-order valence-corrected chi connectivity index (χ3v) is 5.77. The van der Waals surface area contributed by atoms with Crippen LogP contribution < -0.4 is 0 Å². The van der Waals surface area contributed by atoms with E-state index in [4.69, 9.17) is 0 Å². The summed E-state index contributed by atoms with van der Waals surface area (Å²) in [7, 11) is 2.20. The van der Waals surface area contributed by atoms with Gasteiger partial charge >= 0.3 is 0 Å². The van der Waals surface area contributed by atoms with E-state index >= 15 is 0 Å². The Labute approximate surface area is 148 Å². The van der Waals surface area contributed by atoms with Crippen molar-refractivity contribution in [2.45, 2.75) is 26.3 Å². The highest BCUT2D eigenvalue weighted by Crippen LogP contribution is 2.20. The van der Waals surface area contributed by atoms with E-state index in [1.165, 1.54) is 11.3 Å². The van der Waals surface area contributed by atoms with Gasteiger partial charge in [0.25, 0.3) is 0 Å². The van der Waals surface area contributed by atoms with E-state index in [2.05, 4.69) is 28.8 Å². The Morgan fingerprint density at radius 2 is 2.21 bits per heavy atom. The number of nitrogens with zero attached hydrogens (tertiary/aromatic N) is 3. The number of hydrogen-bond acceptors (Lipinski definition) is 4. The van der Waals surface area contributed by atoms with E-state index in [-0.39, 0.29) is 5.82 Å². The van der Waals surface area contributed by atoms with E-state index in [1.807, 2.05) is 17.6 Å². The highest BCUT2D eigenvalue weighted by atomic mass is 32.1. The summed E-state index contributed by atoms with van der Waals surface area (Å²) in [6.45, 7) is 7.40. The van der Waals surface area contributed by atoms with Crippen LogP contribution in [0.2, 0.25) is 0 Å². The van der Waals surface area contributed by atoms with Crippen LogP contribution in [0, 0.1) is 18.7 Å². The lowest BCUT2D eigenvalue weighted by Crippen LogP contribution is -2.29. The number of aryl methyl sites for hydroxylation is 1. The fourth-order valence-electron chi connectivity index (χ4n) is 3.47. The lowest BCUT2D eigenvalue weighted by atomic mass is 10.1. The molecule has 0 bridgehead atoms. The van der Waals surface area contributed by atoms with Crippen molar-refractivity contribution in [2.75, 3.05) is 33.2 Å². The van der Waals surface area contributed by atoms with Crippen LogP contribution in [-0.4, -0.2) is 48.0 Å². The van der Waals surface area contributed by atoms with Crippen LogP contribution in [-0.2, 0) is 13.0 Å². The summed E-state index contributed by atoms with van der Waals surface area (Å²) in [6, 6.07) is 7.12.